The highest BCUT2D eigenvalue weighted by atomic mass is 15.1. The lowest BCUT2D eigenvalue weighted by atomic mass is 9.70. The fraction of sp³-hybridized carbons (Fsp3) is 0.0400. The zero-order valence-electron chi connectivity index (χ0n) is 28.4. The molecular formula is C50H35N. The molecule has 0 N–H and O–H groups in total. The number of fused-ring (bicyclic) bond motifs is 10. The summed E-state index contributed by atoms with van der Waals surface area (Å²) in [5, 5.41) is 0. The molecule has 1 spiro atoms. The van der Waals surface area contributed by atoms with Crippen molar-refractivity contribution >= 4 is 17.1 Å². The molecule has 0 aliphatic heterocycles. The van der Waals surface area contributed by atoms with Crippen molar-refractivity contribution in [1.82, 2.24) is 0 Å². The van der Waals surface area contributed by atoms with Gasteiger partial charge < -0.3 is 4.90 Å². The Bertz CT molecular complexity index is 2440. The number of aryl methyl sites for hydroxylation is 1. The number of benzene rings is 8. The first kappa shape index (κ1) is 29.5. The van der Waals surface area contributed by atoms with Gasteiger partial charge in [0.2, 0.25) is 0 Å². The molecule has 10 rings (SSSR count). The van der Waals surface area contributed by atoms with E-state index in [2.05, 4.69) is 206 Å². The highest BCUT2D eigenvalue weighted by Gasteiger charge is 2.52. The Balaban J connectivity index is 1.23. The van der Waals surface area contributed by atoms with Crippen LogP contribution in [0.2, 0.25) is 0 Å². The molecule has 0 saturated carbocycles. The maximum Gasteiger partial charge on any atom is 0.0726 e. The number of hydrogen-bond acceptors (Lipinski definition) is 1. The number of rotatable bonds is 5. The molecule has 2 aliphatic rings. The first-order valence-electron chi connectivity index (χ1n) is 17.8. The lowest BCUT2D eigenvalue weighted by Crippen LogP contribution is -2.26. The van der Waals surface area contributed by atoms with Crippen molar-refractivity contribution in [2.24, 2.45) is 0 Å². The minimum Gasteiger partial charge on any atom is -0.310 e. The molecular weight excluding hydrogens is 615 g/mol. The molecule has 0 atom stereocenters. The number of nitrogens with zero attached hydrogens (tertiary/aromatic N) is 1. The van der Waals surface area contributed by atoms with Crippen LogP contribution in [0.3, 0.4) is 0 Å². The fourth-order valence-electron chi connectivity index (χ4n) is 8.77. The molecule has 0 radical (unpaired) electrons. The van der Waals surface area contributed by atoms with Gasteiger partial charge in [0.1, 0.15) is 0 Å². The summed E-state index contributed by atoms with van der Waals surface area (Å²) in [6, 6.07) is 71.5. The highest BCUT2D eigenvalue weighted by molar-refractivity contribution is 6.01. The van der Waals surface area contributed by atoms with Crippen molar-refractivity contribution in [2.45, 2.75) is 12.3 Å². The van der Waals surface area contributed by atoms with Gasteiger partial charge in [-0.15, -0.1) is 0 Å². The predicted molar refractivity (Wildman–Crippen MR) is 213 cm³/mol. The smallest absolute Gasteiger partial charge is 0.0726 e. The first-order chi connectivity index (χ1) is 25.2. The Morgan fingerprint density at radius 3 is 1.35 bits per heavy atom. The van der Waals surface area contributed by atoms with Crippen LogP contribution in [0.1, 0.15) is 27.8 Å². The average Bonchev–Trinajstić information content (AvgIpc) is 3.66. The summed E-state index contributed by atoms with van der Waals surface area (Å²) in [4.78, 5) is 2.46. The Labute approximate surface area is 299 Å². The summed E-state index contributed by atoms with van der Waals surface area (Å²) < 4.78 is 0. The normalized spacial score (nSPS) is 13.0. The van der Waals surface area contributed by atoms with Gasteiger partial charge in [-0.2, -0.15) is 0 Å². The van der Waals surface area contributed by atoms with Crippen molar-refractivity contribution in [2.75, 3.05) is 4.90 Å². The lowest BCUT2D eigenvalue weighted by molar-refractivity contribution is 0.793. The molecule has 1 heteroatoms. The fourth-order valence-corrected chi connectivity index (χ4v) is 8.77. The van der Waals surface area contributed by atoms with Gasteiger partial charge in [0.05, 0.1) is 11.1 Å². The van der Waals surface area contributed by atoms with Gasteiger partial charge in [-0.3, -0.25) is 0 Å². The van der Waals surface area contributed by atoms with Crippen LogP contribution in [0.4, 0.5) is 17.1 Å². The molecule has 0 unspecified atom stereocenters. The van der Waals surface area contributed by atoms with Crippen LogP contribution in [0.15, 0.2) is 194 Å². The zero-order chi connectivity index (χ0) is 33.9. The van der Waals surface area contributed by atoms with Crippen molar-refractivity contribution in [3.63, 3.8) is 0 Å². The largest absolute Gasteiger partial charge is 0.310 e. The van der Waals surface area contributed by atoms with Crippen LogP contribution in [0.5, 0.6) is 0 Å². The monoisotopic (exact) mass is 649 g/mol. The van der Waals surface area contributed by atoms with Crippen LogP contribution in [0.25, 0.3) is 44.5 Å². The van der Waals surface area contributed by atoms with Crippen LogP contribution < -0.4 is 4.90 Å². The third-order valence-electron chi connectivity index (χ3n) is 11.0. The molecule has 1 nitrogen and oxygen atoms in total. The quantitative estimate of drug-likeness (QED) is 0.179. The van der Waals surface area contributed by atoms with E-state index in [0.29, 0.717) is 0 Å². The highest BCUT2D eigenvalue weighted by Crippen LogP contribution is 2.64. The van der Waals surface area contributed by atoms with E-state index in [1.54, 1.807) is 0 Å². The van der Waals surface area contributed by atoms with E-state index in [1.807, 2.05) is 0 Å². The van der Waals surface area contributed by atoms with Gasteiger partial charge >= 0.3 is 0 Å². The maximum atomic E-state index is 2.46. The molecule has 240 valence electrons. The topological polar surface area (TPSA) is 3.24 Å². The Morgan fingerprint density at radius 1 is 0.353 bits per heavy atom. The summed E-state index contributed by atoms with van der Waals surface area (Å²) in [7, 11) is 0. The van der Waals surface area contributed by atoms with Crippen LogP contribution in [-0.4, -0.2) is 0 Å². The molecule has 51 heavy (non-hydrogen) atoms. The van der Waals surface area contributed by atoms with E-state index in [4.69, 9.17) is 0 Å². The number of hydrogen-bond donors (Lipinski definition) is 0. The van der Waals surface area contributed by atoms with Crippen molar-refractivity contribution in [3.8, 4) is 44.5 Å². The van der Waals surface area contributed by atoms with Crippen LogP contribution >= 0.6 is 0 Å². The van der Waals surface area contributed by atoms with E-state index >= 15 is 0 Å². The molecule has 8 aromatic carbocycles. The molecule has 0 heterocycles. The van der Waals surface area contributed by atoms with Gasteiger partial charge in [0.15, 0.2) is 0 Å². The first-order valence-corrected chi connectivity index (χ1v) is 17.8. The summed E-state index contributed by atoms with van der Waals surface area (Å²) in [5.41, 5.74) is 19.8. The predicted octanol–water partition coefficient (Wildman–Crippen LogP) is 13.1. The average molecular weight is 650 g/mol. The zero-order valence-corrected chi connectivity index (χ0v) is 28.4. The summed E-state index contributed by atoms with van der Waals surface area (Å²) in [5.74, 6) is 0. The standard InChI is InChI=1S/C50H35N/c1-34-23-32-46-43(33-34)49-47(50(46)44-19-10-8-17-41(44)42-18-9-11-20-45(42)50)21-12-22-48(49)51(39-28-24-37(25-29-39)35-13-4-2-5-14-35)40-30-26-38(27-31-40)36-15-6-3-7-16-36/h2-33H,1H3. The lowest BCUT2D eigenvalue weighted by Gasteiger charge is -2.32. The van der Waals surface area contributed by atoms with Gasteiger partial charge in [0.25, 0.3) is 0 Å². The van der Waals surface area contributed by atoms with Gasteiger partial charge in [0, 0.05) is 16.9 Å². The van der Waals surface area contributed by atoms with E-state index in [-0.39, 0.29) is 0 Å². The van der Waals surface area contributed by atoms with Crippen molar-refractivity contribution in [3.05, 3.63) is 222 Å². The third kappa shape index (κ3) is 4.41. The number of anilines is 3. The second kappa shape index (κ2) is 11.6. The molecule has 0 bridgehead atoms. The maximum absolute atomic E-state index is 2.46. The molecule has 8 aromatic rings. The van der Waals surface area contributed by atoms with E-state index < -0.39 is 5.41 Å². The SMILES string of the molecule is Cc1ccc2c(c1)-c1c(N(c3ccc(-c4ccccc4)cc3)c3ccc(-c4ccccc4)cc3)cccc1C21c2ccccc2-c2ccccc21. The van der Waals surface area contributed by atoms with Gasteiger partial charge in [-0.05, 0) is 98.5 Å². The molecule has 0 aromatic heterocycles. The van der Waals surface area contributed by atoms with Crippen molar-refractivity contribution < 1.29 is 0 Å². The summed E-state index contributed by atoms with van der Waals surface area (Å²) >= 11 is 0. The molecule has 0 fully saturated rings. The summed E-state index contributed by atoms with van der Waals surface area (Å²) in [6.45, 7) is 2.21. The van der Waals surface area contributed by atoms with Crippen LogP contribution in [0, 0.1) is 6.92 Å². The van der Waals surface area contributed by atoms with Gasteiger partial charge in [-0.25, -0.2) is 0 Å². The van der Waals surface area contributed by atoms with Crippen LogP contribution in [-0.2, 0) is 5.41 Å². The Morgan fingerprint density at radius 2 is 0.804 bits per heavy atom. The molecule has 2 aliphatic carbocycles. The van der Waals surface area contributed by atoms with E-state index in [0.717, 1.165) is 11.4 Å². The summed E-state index contributed by atoms with van der Waals surface area (Å²) in [6.07, 6.45) is 0. The minimum absolute atomic E-state index is 0.401. The van der Waals surface area contributed by atoms with Gasteiger partial charge in [-0.1, -0.05) is 169 Å². The Hall–Kier alpha value is -6.44. The second-order valence-corrected chi connectivity index (χ2v) is 13.8. The molecule has 0 amide bonds. The molecule has 0 saturated heterocycles. The van der Waals surface area contributed by atoms with E-state index in [1.165, 1.54) is 78.0 Å². The Kier molecular flexibility index (Phi) is 6.69. The minimum atomic E-state index is -0.401. The second-order valence-electron chi connectivity index (χ2n) is 13.8. The van der Waals surface area contributed by atoms with E-state index in [9.17, 15) is 0 Å². The van der Waals surface area contributed by atoms with Crippen molar-refractivity contribution in [1.29, 1.82) is 0 Å². The third-order valence-corrected chi connectivity index (χ3v) is 11.0.